The van der Waals surface area contributed by atoms with Crippen LogP contribution in [0.5, 0.6) is 0 Å². The lowest BCUT2D eigenvalue weighted by Gasteiger charge is -2.33. The number of nitrogens with zero attached hydrogens (tertiary/aromatic N) is 2. The first kappa shape index (κ1) is 16.8. The summed E-state index contributed by atoms with van der Waals surface area (Å²) in [6, 6.07) is 0.0834. The summed E-state index contributed by atoms with van der Waals surface area (Å²) in [4.78, 5) is 26.8. The molecule has 0 spiro atoms. The number of carbonyl (C=O) groups excluding carboxylic acids is 1. The Bertz CT molecular complexity index is 328. The molecular formula is C14H27N3O3. The highest BCUT2D eigenvalue weighted by Gasteiger charge is 2.20. The third-order valence-electron chi connectivity index (χ3n) is 3.86. The fourth-order valence-electron chi connectivity index (χ4n) is 2.24. The number of likely N-dealkylation sites (N-methyl/N-ethyl adjacent to an activating group) is 1. The van der Waals surface area contributed by atoms with Crippen molar-refractivity contribution in [3.05, 3.63) is 0 Å². The fraction of sp³-hybridized carbons (Fsp3) is 0.857. The molecule has 0 aliphatic carbocycles. The predicted octanol–water partition coefficient (Wildman–Crippen LogP) is 1.22. The van der Waals surface area contributed by atoms with Gasteiger partial charge >= 0.3 is 12.0 Å². The van der Waals surface area contributed by atoms with Crippen LogP contribution in [0.4, 0.5) is 4.79 Å². The topological polar surface area (TPSA) is 72.9 Å². The van der Waals surface area contributed by atoms with Crippen LogP contribution in [0.3, 0.4) is 0 Å². The van der Waals surface area contributed by atoms with E-state index in [-0.39, 0.29) is 18.0 Å². The van der Waals surface area contributed by atoms with Gasteiger partial charge in [0.1, 0.15) is 0 Å². The van der Waals surface area contributed by atoms with Gasteiger partial charge in [0.2, 0.25) is 0 Å². The summed E-state index contributed by atoms with van der Waals surface area (Å²) in [6.45, 7) is 7.06. The number of carboxylic acid groups (broad SMARTS) is 1. The van der Waals surface area contributed by atoms with Crippen molar-refractivity contribution in [3.63, 3.8) is 0 Å². The molecule has 1 rings (SSSR count). The maximum absolute atomic E-state index is 12.0. The highest BCUT2D eigenvalue weighted by molar-refractivity contribution is 5.74. The van der Waals surface area contributed by atoms with Crippen molar-refractivity contribution in [2.45, 2.75) is 39.2 Å². The van der Waals surface area contributed by atoms with E-state index in [0.29, 0.717) is 6.42 Å². The molecule has 0 saturated carbocycles. The molecule has 0 radical (unpaired) electrons. The first-order valence-electron chi connectivity index (χ1n) is 7.37. The van der Waals surface area contributed by atoms with Gasteiger partial charge in [0, 0.05) is 32.2 Å². The third kappa shape index (κ3) is 5.77. The zero-order valence-electron chi connectivity index (χ0n) is 12.8. The number of hydrogen-bond donors (Lipinski definition) is 2. The van der Waals surface area contributed by atoms with Gasteiger partial charge in [0.25, 0.3) is 0 Å². The number of hydrogen-bond acceptors (Lipinski definition) is 3. The number of nitrogens with one attached hydrogen (secondary N) is 1. The second-order valence-corrected chi connectivity index (χ2v) is 5.81. The average Bonchev–Trinajstić information content (AvgIpc) is 2.39. The van der Waals surface area contributed by atoms with Crippen molar-refractivity contribution >= 4 is 12.0 Å². The maximum Gasteiger partial charge on any atom is 0.317 e. The number of urea groups is 1. The smallest absolute Gasteiger partial charge is 0.317 e. The minimum absolute atomic E-state index is 0.00289. The van der Waals surface area contributed by atoms with Gasteiger partial charge in [-0.2, -0.15) is 0 Å². The van der Waals surface area contributed by atoms with E-state index in [1.165, 1.54) is 0 Å². The van der Waals surface area contributed by atoms with Crippen LogP contribution in [0.2, 0.25) is 0 Å². The Morgan fingerprint density at radius 1 is 1.15 bits per heavy atom. The van der Waals surface area contributed by atoms with E-state index >= 15 is 0 Å². The van der Waals surface area contributed by atoms with E-state index in [0.717, 1.165) is 39.0 Å². The zero-order chi connectivity index (χ0) is 15.1. The van der Waals surface area contributed by atoms with Crippen LogP contribution in [0.25, 0.3) is 0 Å². The van der Waals surface area contributed by atoms with Gasteiger partial charge in [-0.1, -0.05) is 13.3 Å². The van der Waals surface area contributed by atoms with Gasteiger partial charge in [0.05, 0.1) is 5.92 Å². The molecule has 1 aliphatic rings. The molecule has 6 nitrogen and oxygen atoms in total. The van der Waals surface area contributed by atoms with Crippen molar-refractivity contribution in [3.8, 4) is 0 Å². The maximum atomic E-state index is 12.0. The average molecular weight is 285 g/mol. The van der Waals surface area contributed by atoms with Gasteiger partial charge < -0.3 is 20.2 Å². The minimum atomic E-state index is -0.751. The van der Waals surface area contributed by atoms with E-state index < -0.39 is 5.97 Å². The van der Waals surface area contributed by atoms with Crippen LogP contribution in [0, 0.1) is 5.92 Å². The van der Waals surface area contributed by atoms with E-state index in [1.54, 1.807) is 6.92 Å². The van der Waals surface area contributed by atoms with Gasteiger partial charge in [-0.25, -0.2) is 4.79 Å². The Morgan fingerprint density at radius 3 is 2.30 bits per heavy atom. The van der Waals surface area contributed by atoms with Gasteiger partial charge in [-0.3, -0.25) is 4.79 Å². The SMILES string of the molecule is CC(CCCC(C)C(=O)O)NC(=O)N1CCN(C)CC1. The molecule has 0 aromatic carbocycles. The molecule has 2 N–H and O–H groups in total. The summed E-state index contributed by atoms with van der Waals surface area (Å²) in [5.74, 6) is -1.06. The van der Waals surface area contributed by atoms with E-state index in [4.69, 9.17) is 5.11 Å². The van der Waals surface area contributed by atoms with Crippen LogP contribution < -0.4 is 5.32 Å². The van der Waals surface area contributed by atoms with Crippen molar-refractivity contribution in [1.29, 1.82) is 0 Å². The molecule has 1 saturated heterocycles. The number of carboxylic acids is 1. The van der Waals surface area contributed by atoms with Crippen molar-refractivity contribution < 1.29 is 14.7 Å². The molecule has 2 amide bonds. The van der Waals surface area contributed by atoms with Gasteiger partial charge in [0.15, 0.2) is 0 Å². The third-order valence-corrected chi connectivity index (χ3v) is 3.86. The van der Waals surface area contributed by atoms with Gasteiger partial charge in [-0.05, 0) is 26.8 Å². The molecule has 1 heterocycles. The minimum Gasteiger partial charge on any atom is -0.481 e. The molecular weight excluding hydrogens is 258 g/mol. The highest BCUT2D eigenvalue weighted by Crippen LogP contribution is 2.10. The van der Waals surface area contributed by atoms with E-state index in [2.05, 4.69) is 17.3 Å². The monoisotopic (exact) mass is 285 g/mol. The first-order valence-corrected chi connectivity index (χ1v) is 7.37. The molecule has 1 aliphatic heterocycles. The molecule has 0 aromatic heterocycles. The molecule has 6 heteroatoms. The van der Waals surface area contributed by atoms with Crippen LogP contribution in [-0.2, 0) is 4.79 Å². The Hall–Kier alpha value is -1.30. The number of carbonyl (C=O) groups is 2. The van der Waals surface area contributed by atoms with Crippen LogP contribution >= 0.6 is 0 Å². The summed E-state index contributed by atoms with van der Waals surface area (Å²) in [5, 5.41) is 11.8. The summed E-state index contributed by atoms with van der Waals surface area (Å²) >= 11 is 0. The zero-order valence-corrected chi connectivity index (χ0v) is 12.8. The first-order chi connectivity index (χ1) is 9.40. The highest BCUT2D eigenvalue weighted by atomic mass is 16.4. The molecule has 1 fully saturated rings. The van der Waals surface area contributed by atoms with Crippen LogP contribution in [0.15, 0.2) is 0 Å². The number of amides is 2. The quantitative estimate of drug-likeness (QED) is 0.769. The molecule has 2 unspecified atom stereocenters. The summed E-state index contributed by atoms with van der Waals surface area (Å²) in [5.41, 5.74) is 0. The van der Waals surface area contributed by atoms with Crippen molar-refractivity contribution in [1.82, 2.24) is 15.1 Å². The molecule has 0 bridgehead atoms. The second kappa shape index (κ2) is 8.09. The Morgan fingerprint density at radius 2 is 1.75 bits per heavy atom. The summed E-state index contributed by atoms with van der Waals surface area (Å²) in [6.07, 6.45) is 2.29. The Kier molecular flexibility index (Phi) is 6.78. The van der Waals surface area contributed by atoms with E-state index in [9.17, 15) is 9.59 Å². The van der Waals surface area contributed by atoms with Crippen LogP contribution in [0.1, 0.15) is 33.1 Å². The molecule has 116 valence electrons. The summed E-state index contributed by atoms with van der Waals surface area (Å²) < 4.78 is 0. The lowest BCUT2D eigenvalue weighted by Crippen LogP contribution is -2.52. The van der Waals surface area contributed by atoms with E-state index in [1.807, 2.05) is 11.8 Å². The number of rotatable bonds is 6. The second-order valence-electron chi connectivity index (χ2n) is 5.81. The van der Waals surface area contributed by atoms with Crippen molar-refractivity contribution in [2.75, 3.05) is 33.2 Å². The van der Waals surface area contributed by atoms with Crippen molar-refractivity contribution in [2.24, 2.45) is 5.92 Å². The molecule has 2 atom stereocenters. The molecule has 20 heavy (non-hydrogen) atoms. The summed E-state index contributed by atoms with van der Waals surface area (Å²) in [7, 11) is 2.06. The molecule has 0 aromatic rings. The standard InChI is InChI=1S/C14H27N3O3/c1-11(13(18)19)5-4-6-12(2)15-14(20)17-9-7-16(3)8-10-17/h11-12H,4-10H2,1-3H3,(H,15,20)(H,18,19). The number of piperazine rings is 1. The number of aliphatic carboxylic acids is 1. The fourth-order valence-corrected chi connectivity index (χ4v) is 2.24. The Balaban J connectivity index is 2.19. The predicted molar refractivity (Wildman–Crippen MR) is 77.7 cm³/mol. The largest absolute Gasteiger partial charge is 0.481 e. The van der Waals surface area contributed by atoms with Crippen LogP contribution in [-0.4, -0.2) is 66.2 Å². The lowest BCUT2D eigenvalue weighted by molar-refractivity contribution is -0.141. The lowest BCUT2D eigenvalue weighted by atomic mass is 10.0. The Labute approximate surface area is 121 Å². The normalized spacial score (nSPS) is 19.4. The van der Waals surface area contributed by atoms with Gasteiger partial charge in [-0.15, -0.1) is 0 Å².